The van der Waals surface area contributed by atoms with Gasteiger partial charge in [-0.3, -0.25) is 0 Å². The maximum absolute atomic E-state index is 2.55. The zero-order valence-corrected chi connectivity index (χ0v) is 34.5. The van der Waals surface area contributed by atoms with E-state index in [4.69, 9.17) is 0 Å². The van der Waals surface area contributed by atoms with Crippen molar-refractivity contribution < 1.29 is 0 Å². The number of hydrogen-bond acceptors (Lipinski definition) is 1. The normalized spacial score (nSPS) is 14.6. The van der Waals surface area contributed by atoms with E-state index >= 15 is 0 Å². The molecule has 2 aliphatic rings. The van der Waals surface area contributed by atoms with Crippen LogP contribution < -0.4 is 4.90 Å². The molecule has 11 rings (SSSR count). The molecule has 0 amide bonds. The molecule has 1 saturated carbocycles. The summed E-state index contributed by atoms with van der Waals surface area (Å²) in [5, 5.41) is 4.95. The van der Waals surface area contributed by atoms with Crippen molar-refractivity contribution in [3.05, 3.63) is 211 Å². The van der Waals surface area contributed by atoms with Crippen molar-refractivity contribution in [2.45, 2.75) is 57.3 Å². The zero-order valence-electron chi connectivity index (χ0n) is 34.5. The summed E-state index contributed by atoms with van der Waals surface area (Å²) in [4.78, 5) is 2.55. The first-order valence-electron chi connectivity index (χ1n) is 21.9. The van der Waals surface area contributed by atoms with Crippen LogP contribution in [0.2, 0.25) is 0 Å². The van der Waals surface area contributed by atoms with Gasteiger partial charge in [-0.25, -0.2) is 0 Å². The summed E-state index contributed by atoms with van der Waals surface area (Å²) in [5.74, 6) is 0.686. The molecule has 2 aliphatic carbocycles. The SMILES string of the molecule is CC1(C)c2ccccc2-c2cc(N(c3ccc(-c4ccc(C5CCCCC5)cc4)cc3-c3ccccc3)c3ccc4ccccc4c3-c3cccc4ccccc34)ccc21. The van der Waals surface area contributed by atoms with Crippen LogP contribution in [-0.2, 0) is 5.41 Å². The number of rotatable bonds is 7. The van der Waals surface area contributed by atoms with E-state index < -0.39 is 0 Å². The monoisotopic (exact) mass is 771 g/mol. The number of benzene rings is 9. The summed E-state index contributed by atoms with van der Waals surface area (Å²) in [5.41, 5.74) is 17.5. The summed E-state index contributed by atoms with van der Waals surface area (Å²) in [7, 11) is 0. The summed E-state index contributed by atoms with van der Waals surface area (Å²) in [6.07, 6.45) is 6.68. The average molecular weight is 772 g/mol. The van der Waals surface area contributed by atoms with Gasteiger partial charge in [0, 0.05) is 22.2 Å². The van der Waals surface area contributed by atoms with Crippen LogP contribution in [0.25, 0.3) is 66.1 Å². The molecule has 0 saturated heterocycles. The third-order valence-electron chi connectivity index (χ3n) is 13.7. The molecule has 290 valence electrons. The van der Waals surface area contributed by atoms with E-state index in [1.54, 1.807) is 0 Å². The maximum atomic E-state index is 2.55. The topological polar surface area (TPSA) is 3.24 Å². The molecule has 9 aromatic carbocycles. The van der Waals surface area contributed by atoms with Crippen molar-refractivity contribution in [3.63, 3.8) is 0 Å². The lowest BCUT2D eigenvalue weighted by molar-refractivity contribution is 0.443. The quantitative estimate of drug-likeness (QED) is 0.156. The molecule has 1 nitrogen and oxygen atoms in total. The number of nitrogens with zero attached hydrogens (tertiary/aromatic N) is 1. The van der Waals surface area contributed by atoms with Crippen molar-refractivity contribution in [3.8, 4) is 44.5 Å². The molecule has 1 heteroatoms. The first-order valence-corrected chi connectivity index (χ1v) is 21.9. The molecule has 0 aliphatic heterocycles. The van der Waals surface area contributed by atoms with Gasteiger partial charge in [0.05, 0.1) is 11.4 Å². The van der Waals surface area contributed by atoms with Crippen molar-refractivity contribution >= 4 is 38.6 Å². The van der Waals surface area contributed by atoms with Crippen LogP contribution in [-0.4, -0.2) is 0 Å². The van der Waals surface area contributed by atoms with E-state index in [0.29, 0.717) is 5.92 Å². The molecule has 0 heterocycles. The molecule has 0 radical (unpaired) electrons. The Morgan fingerprint density at radius 2 is 1.05 bits per heavy atom. The summed E-state index contributed by atoms with van der Waals surface area (Å²) in [6.45, 7) is 4.73. The zero-order chi connectivity index (χ0) is 40.2. The van der Waals surface area contributed by atoms with Gasteiger partial charge in [-0.1, -0.05) is 197 Å². The first kappa shape index (κ1) is 36.4. The van der Waals surface area contributed by atoms with E-state index in [2.05, 4.69) is 213 Å². The van der Waals surface area contributed by atoms with Crippen LogP contribution in [0.5, 0.6) is 0 Å². The summed E-state index contributed by atoms with van der Waals surface area (Å²) < 4.78 is 0. The number of fused-ring (bicyclic) bond motifs is 5. The Morgan fingerprint density at radius 3 is 1.87 bits per heavy atom. The highest BCUT2D eigenvalue weighted by atomic mass is 15.1. The van der Waals surface area contributed by atoms with Gasteiger partial charge in [0.1, 0.15) is 0 Å². The first-order chi connectivity index (χ1) is 29.5. The van der Waals surface area contributed by atoms with Crippen LogP contribution >= 0.6 is 0 Å². The maximum Gasteiger partial charge on any atom is 0.0546 e. The Bertz CT molecular complexity index is 3030. The fourth-order valence-corrected chi connectivity index (χ4v) is 10.6. The molecule has 0 N–H and O–H groups in total. The predicted molar refractivity (Wildman–Crippen MR) is 256 cm³/mol. The highest BCUT2D eigenvalue weighted by Crippen LogP contribution is 2.53. The van der Waals surface area contributed by atoms with Gasteiger partial charge >= 0.3 is 0 Å². The van der Waals surface area contributed by atoms with Crippen LogP contribution in [0, 0.1) is 0 Å². The Morgan fingerprint density at radius 1 is 0.417 bits per heavy atom. The van der Waals surface area contributed by atoms with Gasteiger partial charge in [-0.15, -0.1) is 0 Å². The smallest absolute Gasteiger partial charge is 0.0546 e. The van der Waals surface area contributed by atoms with Gasteiger partial charge in [0.15, 0.2) is 0 Å². The minimum Gasteiger partial charge on any atom is -0.309 e. The summed E-state index contributed by atoms with van der Waals surface area (Å²) >= 11 is 0. The van der Waals surface area contributed by atoms with Crippen molar-refractivity contribution in [2.24, 2.45) is 0 Å². The average Bonchev–Trinajstić information content (AvgIpc) is 3.54. The van der Waals surface area contributed by atoms with E-state index in [-0.39, 0.29) is 5.41 Å². The molecule has 9 aromatic rings. The highest BCUT2D eigenvalue weighted by molar-refractivity contribution is 6.12. The second kappa shape index (κ2) is 14.8. The van der Waals surface area contributed by atoms with E-state index in [0.717, 1.165) is 17.1 Å². The molecule has 0 bridgehead atoms. The van der Waals surface area contributed by atoms with Gasteiger partial charge in [-0.2, -0.15) is 0 Å². The van der Waals surface area contributed by atoms with Crippen molar-refractivity contribution in [1.82, 2.24) is 0 Å². The largest absolute Gasteiger partial charge is 0.309 e. The third kappa shape index (κ3) is 6.15. The second-order valence-electron chi connectivity index (χ2n) is 17.5. The fraction of sp³-hybridized carbons (Fsp3) is 0.153. The molecular formula is C59H49N. The lowest BCUT2D eigenvalue weighted by Gasteiger charge is -2.32. The Hall–Kier alpha value is -6.70. The number of anilines is 3. The third-order valence-corrected chi connectivity index (χ3v) is 13.7. The fourth-order valence-electron chi connectivity index (χ4n) is 10.6. The minimum absolute atomic E-state index is 0.0876. The molecule has 0 spiro atoms. The lowest BCUT2D eigenvalue weighted by atomic mass is 9.82. The second-order valence-corrected chi connectivity index (χ2v) is 17.5. The molecule has 0 atom stereocenters. The van der Waals surface area contributed by atoms with Crippen molar-refractivity contribution in [1.29, 1.82) is 0 Å². The molecule has 0 aromatic heterocycles. The highest BCUT2D eigenvalue weighted by Gasteiger charge is 2.36. The standard InChI is InChI=1S/C59H49N/c1-59(2)54-27-14-13-25-50(54)53-39-47(34-35-55(53)59)60(57-37-32-45-21-10-12-24-49(45)58(57)51-26-15-22-43-20-9-11-23-48(43)51)56-36-33-46(38-52(56)44-18-7-4-8-19-44)42-30-28-41(29-31-42)40-16-5-3-6-17-40/h4,7-15,18-40H,3,5-6,16-17H2,1-2H3. The van der Waals surface area contributed by atoms with Gasteiger partial charge in [0.25, 0.3) is 0 Å². The van der Waals surface area contributed by atoms with Gasteiger partial charge in [0.2, 0.25) is 0 Å². The molecular weight excluding hydrogens is 723 g/mol. The minimum atomic E-state index is -0.0876. The van der Waals surface area contributed by atoms with E-state index in [1.807, 2.05) is 0 Å². The van der Waals surface area contributed by atoms with E-state index in [1.165, 1.54) is 115 Å². The molecule has 1 fully saturated rings. The predicted octanol–water partition coefficient (Wildman–Crippen LogP) is 16.8. The Labute approximate surface area is 354 Å². The Balaban J connectivity index is 1.18. The van der Waals surface area contributed by atoms with Crippen molar-refractivity contribution in [2.75, 3.05) is 4.90 Å². The Kier molecular flexibility index (Phi) is 9.00. The van der Waals surface area contributed by atoms with Crippen LogP contribution in [0.3, 0.4) is 0 Å². The van der Waals surface area contributed by atoms with Crippen LogP contribution in [0.4, 0.5) is 17.1 Å². The molecule has 0 unspecified atom stereocenters. The number of hydrogen-bond donors (Lipinski definition) is 0. The molecule has 60 heavy (non-hydrogen) atoms. The van der Waals surface area contributed by atoms with Crippen LogP contribution in [0.1, 0.15) is 68.6 Å². The van der Waals surface area contributed by atoms with Gasteiger partial charge < -0.3 is 4.90 Å². The van der Waals surface area contributed by atoms with E-state index in [9.17, 15) is 0 Å². The lowest BCUT2D eigenvalue weighted by Crippen LogP contribution is -2.16. The van der Waals surface area contributed by atoms with Crippen LogP contribution in [0.15, 0.2) is 194 Å². The van der Waals surface area contributed by atoms with Gasteiger partial charge in [-0.05, 0) is 121 Å². The summed E-state index contributed by atoms with van der Waals surface area (Å²) in [6, 6.07) is 72.9.